The average Bonchev–Trinajstić information content (AvgIpc) is 3.07. The molecule has 1 aromatic heterocycles. The zero-order valence-corrected chi connectivity index (χ0v) is 11.5. The van der Waals surface area contributed by atoms with Gasteiger partial charge in [-0.2, -0.15) is 4.98 Å². The van der Waals surface area contributed by atoms with Crippen LogP contribution in [0.1, 0.15) is 24.2 Å². The molecule has 0 bridgehead atoms. The van der Waals surface area contributed by atoms with Gasteiger partial charge in [-0.1, -0.05) is 11.2 Å². The summed E-state index contributed by atoms with van der Waals surface area (Å²) in [4.78, 5) is 4.40. The van der Waals surface area contributed by atoms with E-state index in [9.17, 15) is 0 Å². The third-order valence-corrected chi connectivity index (χ3v) is 3.28. The Hall–Kier alpha value is -2.08. The molecule has 106 valence electrons. The highest BCUT2D eigenvalue weighted by Gasteiger charge is 2.15. The van der Waals surface area contributed by atoms with E-state index in [4.69, 9.17) is 14.0 Å². The molecule has 1 unspecified atom stereocenters. The lowest BCUT2D eigenvalue weighted by Gasteiger charge is -2.04. The zero-order chi connectivity index (χ0) is 13.9. The molecular formula is C14H17N3O3. The minimum Gasteiger partial charge on any atom is -0.454 e. The van der Waals surface area contributed by atoms with E-state index in [-0.39, 0.29) is 6.79 Å². The van der Waals surface area contributed by atoms with Crippen LogP contribution >= 0.6 is 0 Å². The van der Waals surface area contributed by atoms with Crippen molar-refractivity contribution in [1.82, 2.24) is 15.5 Å². The summed E-state index contributed by atoms with van der Waals surface area (Å²) in [5.41, 5.74) is 1.06. The van der Waals surface area contributed by atoms with Crippen LogP contribution in [0.5, 0.6) is 11.5 Å². The third-order valence-electron chi connectivity index (χ3n) is 3.28. The van der Waals surface area contributed by atoms with E-state index < -0.39 is 0 Å². The summed E-state index contributed by atoms with van der Waals surface area (Å²) < 4.78 is 15.9. The smallest absolute Gasteiger partial charge is 0.231 e. The lowest BCUT2D eigenvalue weighted by Crippen LogP contribution is -2.24. The summed E-state index contributed by atoms with van der Waals surface area (Å²) in [6.07, 6.45) is 1.35. The Bertz CT molecular complexity index is 597. The van der Waals surface area contributed by atoms with E-state index in [2.05, 4.69) is 22.4 Å². The maximum absolute atomic E-state index is 5.35. The molecule has 3 rings (SSSR count). The van der Waals surface area contributed by atoms with Gasteiger partial charge in [0.15, 0.2) is 17.3 Å². The molecule has 2 heterocycles. The van der Waals surface area contributed by atoms with Crippen LogP contribution in [0.25, 0.3) is 0 Å². The van der Waals surface area contributed by atoms with Gasteiger partial charge in [0.1, 0.15) is 0 Å². The van der Waals surface area contributed by atoms with Crippen LogP contribution in [0.15, 0.2) is 22.7 Å². The average molecular weight is 275 g/mol. The van der Waals surface area contributed by atoms with Crippen molar-refractivity contribution in [2.24, 2.45) is 0 Å². The Balaban J connectivity index is 1.68. The first-order chi connectivity index (χ1) is 9.74. The summed E-state index contributed by atoms with van der Waals surface area (Å²) in [5.74, 6) is 2.89. The Labute approximate surface area is 117 Å². The Kier molecular flexibility index (Phi) is 3.56. The fourth-order valence-electron chi connectivity index (χ4n) is 2.05. The number of nitrogens with one attached hydrogen (secondary N) is 1. The molecule has 0 saturated carbocycles. The minimum absolute atomic E-state index is 0.283. The summed E-state index contributed by atoms with van der Waals surface area (Å²) in [7, 11) is 1.91. The molecular weight excluding hydrogens is 258 g/mol. The van der Waals surface area contributed by atoms with Crippen LogP contribution in [0.4, 0.5) is 0 Å². The van der Waals surface area contributed by atoms with Gasteiger partial charge in [0.2, 0.25) is 12.7 Å². The van der Waals surface area contributed by atoms with Crippen molar-refractivity contribution >= 4 is 0 Å². The number of hydrogen-bond acceptors (Lipinski definition) is 6. The largest absolute Gasteiger partial charge is 0.454 e. The molecule has 0 radical (unpaired) electrons. The maximum Gasteiger partial charge on any atom is 0.231 e. The summed E-state index contributed by atoms with van der Waals surface area (Å²) in [5, 5.41) is 7.14. The second kappa shape index (κ2) is 5.50. The zero-order valence-electron chi connectivity index (χ0n) is 11.5. The van der Waals surface area contributed by atoms with Gasteiger partial charge in [0.25, 0.3) is 0 Å². The molecule has 0 spiro atoms. The summed E-state index contributed by atoms with van der Waals surface area (Å²) in [6.45, 7) is 2.36. The highest BCUT2D eigenvalue weighted by atomic mass is 16.7. The molecule has 6 heteroatoms. The number of nitrogens with zero attached hydrogens (tertiary/aromatic N) is 2. The molecule has 0 fully saturated rings. The van der Waals surface area contributed by atoms with Crippen molar-refractivity contribution in [3.8, 4) is 11.5 Å². The molecule has 0 amide bonds. The highest BCUT2D eigenvalue weighted by molar-refractivity contribution is 5.44. The van der Waals surface area contributed by atoms with Crippen LogP contribution in [0.3, 0.4) is 0 Å². The van der Waals surface area contributed by atoms with Crippen LogP contribution in [-0.4, -0.2) is 30.0 Å². The number of benzene rings is 1. The first-order valence-electron chi connectivity index (χ1n) is 6.62. The fraction of sp³-hybridized carbons (Fsp3) is 0.429. The number of rotatable bonds is 5. The molecule has 1 aromatic carbocycles. The Morgan fingerprint density at radius 2 is 2.15 bits per heavy atom. The molecule has 1 aliphatic heterocycles. The van der Waals surface area contributed by atoms with E-state index in [1.165, 1.54) is 0 Å². The SMILES string of the molecule is CNC(C)Cc1noc(Cc2ccc3c(c2)OCO3)n1. The van der Waals surface area contributed by atoms with Crippen molar-refractivity contribution < 1.29 is 14.0 Å². The fourth-order valence-corrected chi connectivity index (χ4v) is 2.05. The van der Waals surface area contributed by atoms with Crippen LogP contribution < -0.4 is 14.8 Å². The highest BCUT2D eigenvalue weighted by Crippen LogP contribution is 2.32. The predicted octanol–water partition coefficient (Wildman–Crippen LogP) is 1.54. The van der Waals surface area contributed by atoms with Crippen LogP contribution in [0.2, 0.25) is 0 Å². The van der Waals surface area contributed by atoms with Gasteiger partial charge in [-0.3, -0.25) is 0 Å². The van der Waals surface area contributed by atoms with E-state index in [0.717, 1.165) is 29.3 Å². The normalized spacial score (nSPS) is 14.5. The quantitative estimate of drug-likeness (QED) is 0.892. The molecule has 1 atom stereocenters. The van der Waals surface area contributed by atoms with E-state index in [0.29, 0.717) is 18.4 Å². The lowest BCUT2D eigenvalue weighted by molar-refractivity contribution is 0.174. The van der Waals surface area contributed by atoms with Crippen molar-refractivity contribution in [3.05, 3.63) is 35.5 Å². The number of hydrogen-bond donors (Lipinski definition) is 1. The number of ether oxygens (including phenoxy) is 2. The van der Waals surface area contributed by atoms with Gasteiger partial charge in [-0.25, -0.2) is 0 Å². The molecule has 6 nitrogen and oxygen atoms in total. The first kappa shape index (κ1) is 12.9. The predicted molar refractivity (Wildman–Crippen MR) is 71.9 cm³/mol. The molecule has 1 aliphatic rings. The van der Waals surface area contributed by atoms with Gasteiger partial charge < -0.3 is 19.3 Å². The Morgan fingerprint density at radius 1 is 1.30 bits per heavy atom. The number of fused-ring (bicyclic) bond motifs is 1. The van der Waals surface area contributed by atoms with Crippen molar-refractivity contribution in [2.45, 2.75) is 25.8 Å². The van der Waals surface area contributed by atoms with E-state index in [1.54, 1.807) is 0 Å². The number of likely N-dealkylation sites (N-methyl/N-ethyl adjacent to an activating group) is 1. The van der Waals surface area contributed by atoms with Gasteiger partial charge in [0, 0.05) is 12.5 Å². The van der Waals surface area contributed by atoms with Crippen molar-refractivity contribution in [3.63, 3.8) is 0 Å². The Morgan fingerprint density at radius 3 is 3.00 bits per heavy atom. The molecule has 1 N–H and O–H groups in total. The van der Waals surface area contributed by atoms with Crippen molar-refractivity contribution in [1.29, 1.82) is 0 Å². The standard InChI is InChI=1S/C14H17N3O3/c1-9(15-2)5-13-16-14(20-17-13)7-10-3-4-11-12(6-10)19-8-18-11/h3-4,6,9,15H,5,7-8H2,1-2H3. The van der Waals surface area contributed by atoms with Crippen LogP contribution in [-0.2, 0) is 12.8 Å². The second-order valence-electron chi connectivity index (χ2n) is 4.86. The van der Waals surface area contributed by atoms with E-state index in [1.807, 2.05) is 25.2 Å². The van der Waals surface area contributed by atoms with Crippen LogP contribution in [0, 0.1) is 0 Å². The monoisotopic (exact) mass is 275 g/mol. The minimum atomic E-state index is 0.283. The molecule has 0 aliphatic carbocycles. The lowest BCUT2D eigenvalue weighted by atomic mass is 10.1. The molecule has 2 aromatic rings. The van der Waals surface area contributed by atoms with Gasteiger partial charge in [-0.15, -0.1) is 0 Å². The van der Waals surface area contributed by atoms with Gasteiger partial charge in [-0.05, 0) is 31.7 Å². The van der Waals surface area contributed by atoms with Gasteiger partial charge >= 0.3 is 0 Å². The number of aromatic nitrogens is 2. The maximum atomic E-state index is 5.35. The molecule has 0 saturated heterocycles. The molecule has 20 heavy (non-hydrogen) atoms. The second-order valence-corrected chi connectivity index (χ2v) is 4.86. The third kappa shape index (κ3) is 2.75. The van der Waals surface area contributed by atoms with Gasteiger partial charge in [0.05, 0.1) is 6.42 Å². The first-order valence-corrected chi connectivity index (χ1v) is 6.62. The summed E-state index contributed by atoms with van der Waals surface area (Å²) in [6, 6.07) is 6.15. The topological polar surface area (TPSA) is 69.4 Å². The van der Waals surface area contributed by atoms with Crippen molar-refractivity contribution in [2.75, 3.05) is 13.8 Å². The van der Waals surface area contributed by atoms with E-state index >= 15 is 0 Å². The summed E-state index contributed by atoms with van der Waals surface area (Å²) >= 11 is 0.